The van der Waals surface area contributed by atoms with Gasteiger partial charge in [-0.05, 0) is 57.7 Å². The molecule has 0 aliphatic rings. The third kappa shape index (κ3) is 5.24. The summed E-state index contributed by atoms with van der Waals surface area (Å²) in [6.07, 6.45) is 0. The number of rotatable bonds is 6. The Bertz CT molecular complexity index is 1300. The second-order valence-electron chi connectivity index (χ2n) is 8.60. The van der Waals surface area contributed by atoms with E-state index in [0.29, 0.717) is 0 Å². The van der Waals surface area contributed by atoms with Crippen LogP contribution < -0.4 is 0 Å². The van der Waals surface area contributed by atoms with Crippen molar-refractivity contribution in [3.63, 3.8) is 0 Å². The van der Waals surface area contributed by atoms with Gasteiger partial charge >= 0.3 is 21.6 Å². The molecule has 0 amide bonds. The largest absolute Gasteiger partial charge is 0.524 e. The van der Waals surface area contributed by atoms with E-state index in [-0.39, 0.29) is 25.7 Å². The summed E-state index contributed by atoms with van der Waals surface area (Å²) in [5.41, 5.74) is -5.19. The third-order valence-corrected chi connectivity index (χ3v) is 10.2. The molecule has 3 aromatic rings. The van der Waals surface area contributed by atoms with Crippen LogP contribution in [0.4, 0.5) is 13.2 Å². The summed E-state index contributed by atoms with van der Waals surface area (Å²) in [7, 11) is -8.60. The molecule has 0 fully saturated rings. The van der Waals surface area contributed by atoms with Crippen LogP contribution in [0.3, 0.4) is 0 Å². The highest BCUT2D eigenvalue weighted by Crippen LogP contribution is 2.71. The highest BCUT2D eigenvalue weighted by Gasteiger charge is 2.53. The topological polar surface area (TPSA) is 69.7 Å². The number of alkyl halides is 3. The molecule has 10 heteroatoms. The molecular formula is C25H25F3O5S2. The molecular weight excluding hydrogens is 501 g/mol. The first-order valence-electron chi connectivity index (χ1n) is 10.4. The Balaban J connectivity index is 2.48. The zero-order valence-corrected chi connectivity index (χ0v) is 21.1. The molecule has 0 aliphatic heterocycles. The fourth-order valence-corrected chi connectivity index (χ4v) is 8.31. The molecule has 0 radical (unpaired) electrons. The van der Waals surface area contributed by atoms with E-state index < -0.39 is 31.9 Å². The van der Waals surface area contributed by atoms with E-state index in [9.17, 15) is 26.4 Å². The van der Waals surface area contributed by atoms with E-state index in [1.165, 1.54) is 36.4 Å². The van der Waals surface area contributed by atoms with Gasteiger partial charge in [0.1, 0.15) is 0 Å². The van der Waals surface area contributed by atoms with Gasteiger partial charge in [0.15, 0.2) is 0 Å². The van der Waals surface area contributed by atoms with Gasteiger partial charge in [0.2, 0.25) is 0 Å². The van der Waals surface area contributed by atoms with Gasteiger partial charge in [-0.3, -0.25) is 0 Å². The number of hydrogen-bond acceptors (Lipinski definition) is 5. The number of carbonyl (C=O) groups excluding carboxylic acids is 1. The molecule has 0 saturated carbocycles. The molecule has 0 aliphatic carbocycles. The zero-order chi connectivity index (χ0) is 26.1. The monoisotopic (exact) mass is 526 g/mol. The molecule has 188 valence electrons. The lowest BCUT2D eigenvalue weighted by Crippen LogP contribution is -2.28. The summed E-state index contributed by atoms with van der Waals surface area (Å²) in [6, 6.07) is 20.0. The normalized spacial score (nSPS) is 15.2. The third-order valence-electron chi connectivity index (χ3n) is 5.20. The second-order valence-corrected chi connectivity index (χ2v) is 13.0. The fraction of sp³-hybridized carbons (Fsp3) is 0.240. The SMILES string of the molecule is COC(=O)c1ccccc1S(OS(=O)(=O)C(F)(F)F)(c1ccccc1)c1ccc(C(C)(C)C)cc1. The van der Waals surface area contributed by atoms with Crippen molar-refractivity contribution in [2.45, 2.75) is 46.4 Å². The van der Waals surface area contributed by atoms with Crippen molar-refractivity contribution in [1.82, 2.24) is 0 Å². The van der Waals surface area contributed by atoms with Crippen LogP contribution in [-0.4, -0.2) is 27.0 Å². The molecule has 0 heterocycles. The number of ether oxygens (including phenoxy) is 1. The first-order valence-corrected chi connectivity index (χ1v) is 13.4. The molecule has 3 aromatic carbocycles. The molecule has 0 bridgehead atoms. The van der Waals surface area contributed by atoms with E-state index in [4.69, 9.17) is 8.37 Å². The summed E-state index contributed by atoms with van der Waals surface area (Å²) in [5, 5.41) is 0. The van der Waals surface area contributed by atoms with Crippen molar-refractivity contribution in [3.05, 3.63) is 90.0 Å². The van der Waals surface area contributed by atoms with E-state index in [1.807, 2.05) is 20.8 Å². The maximum Gasteiger partial charge on any atom is 0.524 e. The Labute approximate surface area is 204 Å². The van der Waals surface area contributed by atoms with E-state index in [2.05, 4.69) is 0 Å². The number of halogens is 3. The zero-order valence-electron chi connectivity index (χ0n) is 19.5. The van der Waals surface area contributed by atoms with Gasteiger partial charge in [-0.1, -0.05) is 63.2 Å². The average Bonchev–Trinajstić information content (AvgIpc) is 2.81. The Morgan fingerprint density at radius 3 is 1.80 bits per heavy atom. The first-order chi connectivity index (χ1) is 16.2. The minimum absolute atomic E-state index is 0.0330. The Morgan fingerprint density at radius 1 is 0.771 bits per heavy atom. The number of carbonyl (C=O) groups is 1. The molecule has 0 spiro atoms. The van der Waals surface area contributed by atoms with Crippen LogP contribution >= 0.6 is 10.3 Å². The van der Waals surface area contributed by atoms with E-state index >= 15 is 0 Å². The smallest absolute Gasteiger partial charge is 0.465 e. The molecule has 1 unspecified atom stereocenters. The molecule has 5 nitrogen and oxygen atoms in total. The van der Waals surface area contributed by atoms with Gasteiger partial charge in [0.25, 0.3) is 0 Å². The lowest BCUT2D eigenvalue weighted by molar-refractivity contribution is -0.0496. The quantitative estimate of drug-likeness (QED) is 0.260. The Morgan fingerprint density at radius 2 is 1.29 bits per heavy atom. The average molecular weight is 527 g/mol. The van der Waals surface area contributed by atoms with Gasteiger partial charge in [0.05, 0.1) is 12.7 Å². The van der Waals surface area contributed by atoms with Crippen molar-refractivity contribution >= 4 is 26.4 Å². The minimum Gasteiger partial charge on any atom is -0.465 e. The summed E-state index contributed by atoms with van der Waals surface area (Å²) in [6.45, 7) is 5.91. The number of methoxy groups -OCH3 is 1. The lowest BCUT2D eigenvalue weighted by Gasteiger charge is -2.40. The number of esters is 1. The van der Waals surface area contributed by atoms with Gasteiger partial charge in [-0.15, -0.1) is 0 Å². The molecule has 3 rings (SSSR count). The maximum absolute atomic E-state index is 13.7. The van der Waals surface area contributed by atoms with Crippen molar-refractivity contribution in [1.29, 1.82) is 0 Å². The predicted octanol–water partition coefficient (Wildman–Crippen LogP) is 6.83. The second kappa shape index (κ2) is 9.67. The molecule has 0 aromatic heterocycles. The van der Waals surface area contributed by atoms with Gasteiger partial charge < -0.3 is 4.74 Å². The van der Waals surface area contributed by atoms with Crippen LogP contribution in [0.2, 0.25) is 0 Å². The molecule has 1 atom stereocenters. The minimum atomic E-state index is -6.10. The number of hydrogen-bond donors (Lipinski definition) is 0. The van der Waals surface area contributed by atoms with Crippen molar-refractivity contribution in [2.24, 2.45) is 0 Å². The molecule has 0 N–H and O–H groups in total. The summed E-state index contributed by atoms with van der Waals surface area (Å²) < 4.78 is 76.1. The first kappa shape index (κ1) is 26.8. The van der Waals surface area contributed by atoms with Crippen molar-refractivity contribution in [2.75, 3.05) is 7.11 Å². The standard InChI is InChI=1S/C25H25F3O5S2/c1-24(2,3)18-14-16-20(17-15-18)34(19-10-6-5-7-11-19,33-35(30,31)25(26,27)28)22-13-9-8-12-21(22)23(29)32-4/h5-17H,1-4H3. The van der Waals surface area contributed by atoms with Crippen LogP contribution in [0.15, 0.2) is 93.5 Å². The van der Waals surface area contributed by atoms with E-state index in [0.717, 1.165) is 12.7 Å². The summed E-state index contributed by atoms with van der Waals surface area (Å²) >= 11 is 0. The Kier molecular flexibility index (Phi) is 7.40. The summed E-state index contributed by atoms with van der Waals surface area (Å²) in [4.78, 5) is 12.9. The maximum atomic E-state index is 13.7. The van der Waals surface area contributed by atoms with Gasteiger partial charge in [-0.25, -0.2) is 4.79 Å². The highest BCUT2D eigenvalue weighted by atomic mass is 32.3. The number of benzene rings is 3. The highest BCUT2D eigenvalue weighted by molar-refractivity contribution is 8.33. The molecule has 35 heavy (non-hydrogen) atoms. The van der Waals surface area contributed by atoms with Gasteiger partial charge in [0, 0.05) is 14.7 Å². The van der Waals surface area contributed by atoms with Crippen LogP contribution in [0, 0.1) is 0 Å². The van der Waals surface area contributed by atoms with Crippen LogP contribution in [-0.2, 0) is 23.9 Å². The van der Waals surface area contributed by atoms with Crippen LogP contribution in [0.1, 0.15) is 36.7 Å². The molecule has 0 saturated heterocycles. The van der Waals surface area contributed by atoms with Crippen LogP contribution in [0.5, 0.6) is 0 Å². The van der Waals surface area contributed by atoms with Crippen LogP contribution in [0.25, 0.3) is 0 Å². The fourth-order valence-electron chi connectivity index (χ4n) is 3.43. The van der Waals surface area contributed by atoms with Gasteiger partial charge in [-0.2, -0.15) is 25.2 Å². The summed E-state index contributed by atoms with van der Waals surface area (Å²) in [5.74, 6) is -0.840. The van der Waals surface area contributed by atoms with Crippen molar-refractivity contribution in [3.8, 4) is 0 Å². The Hall–Kier alpha value is -2.82. The van der Waals surface area contributed by atoms with E-state index in [1.54, 1.807) is 42.5 Å². The lowest BCUT2D eigenvalue weighted by atomic mass is 9.87. The predicted molar refractivity (Wildman–Crippen MR) is 128 cm³/mol. The van der Waals surface area contributed by atoms with Crippen molar-refractivity contribution < 1.29 is 34.7 Å².